The van der Waals surface area contributed by atoms with E-state index in [4.69, 9.17) is 14.0 Å². The van der Waals surface area contributed by atoms with Gasteiger partial charge in [0.15, 0.2) is 0 Å². The summed E-state index contributed by atoms with van der Waals surface area (Å²) >= 11 is 0. The van der Waals surface area contributed by atoms with Gasteiger partial charge in [-0.2, -0.15) is 8.42 Å². The Morgan fingerprint density at radius 2 is 1.75 bits per heavy atom. The Kier molecular flexibility index (Phi) is 6.05. The van der Waals surface area contributed by atoms with E-state index in [1.165, 1.54) is 0 Å². The molecule has 0 heterocycles. The first-order chi connectivity index (χ1) is 11.4. The Balaban J connectivity index is 2.37. The van der Waals surface area contributed by atoms with Gasteiger partial charge in [0.2, 0.25) is 0 Å². The van der Waals surface area contributed by atoms with Crippen molar-refractivity contribution < 1.29 is 22.4 Å². The molecule has 24 heavy (non-hydrogen) atoms. The minimum atomic E-state index is -4.07. The maximum absolute atomic E-state index is 11.2. The molecule has 0 aromatic heterocycles. The summed E-state index contributed by atoms with van der Waals surface area (Å²) in [6.45, 7) is 0.594. The number of methoxy groups -OCH3 is 2. The van der Waals surface area contributed by atoms with E-state index in [2.05, 4.69) is 0 Å². The second kappa shape index (κ2) is 8.03. The zero-order chi connectivity index (χ0) is 17.6. The number of hydrogen-bond donors (Lipinski definition) is 1. The average molecular weight is 351 g/mol. The molecule has 2 aromatic rings. The number of benzene rings is 2. The Hall–Kier alpha value is -2.25. The minimum Gasteiger partial charge on any atom is -0.497 e. The van der Waals surface area contributed by atoms with Crippen molar-refractivity contribution in [1.29, 1.82) is 0 Å². The van der Waals surface area contributed by atoms with Gasteiger partial charge in [0, 0.05) is 19.2 Å². The molecule has 0 aliphatic carbocycles. The number of anilines is 1. The van der Waals surface area contributed by atoms with Crippen LogP contribution in [-0.2, 0) is 16.7 Å². The lowest BCUT2D eigenvalue weighted by molar-refractivity contribution is 0.402. The van der Waals surface area contributed by atoms with Gasteiger partial charge in [-0.05, 0) is 17.7 Å². The van der Waals surface area contributed by atoms with Crippen molar-refractivity contribution in [2.45, 2.75) is 6.54 Å². The molecule has 0 atom stereocenters. The molecule has 0 unspecified atom stereocenters. The highest BCUT2D eigenvalue weighted by atomic mass is 32.2. The number of nitrogens with zero attached hydrogens (tertiary/aromatic N) is 1. The number of rotatable bonds is 8. The summed E-state index contributed by atoms with van der Waals surface area (Å²) < 4.78 is 42.1. The molecule has 0 saturated carbocycles. The van der Waals surface area contributed by atoms with E-state index in [1.54, 1.807) is 32.4 Å². The lowest BCUT2D eigenvalue weighted by Crippen LogP contribution is -2.29. The summed E-state index contributed by atoms with van der Waals surface area (Å²) in [4.78, 5) is 1.84. The largest absolute Gasteiger partial charge is 0.497 e. The SMILES string of the molecule is COc1ccc(OC)c(N(CCS(=O)(=O)O)Cc2ccccc2)c1. The number of ether oxygens (including phenoxy) is 2. The number of hydrogen-bond acceptors (Lipinski definition) is 5. The molecule has 130 valence electrons. The molecule has 0 aliphatic heterocycles. The zero-order valence-electron chi connectivity index (χ0n) is 13.7. The Labute approximate surface area is 142 Å². The summed E-state index contributed by atoms with van der Waals surface area (Å²) in [7, 11) is -0.957. The van der Waals surface area contributed by atoms with Crippen LogP contribution in [0.4, 0.5) is 5.69 Å². The highest BCUT2D eigenvalue weighted by Crippen LogP contribution is 2.33. The molecule has 6 nitrogen and oxygen atoms in total. The first kappa shape index (κ1) is 18.1. The summed E-state index contributed by atoms with van der Waals surface area (Å²) in [5.41, 5.74) is 1.71. The van der Waals surface area contributed by atoms with Gasteiger partial charge >= 0.3 is 0 Å². The van der Waals surface area contributed by atoms with E-state index in [0.29, 0.717) is 23.7 Å². The average Bonchev–Trinajstić information content (AvgIpc) is 2.58. The van der Waals surface area contributed by atoms with Crippen molar-refractivity contribution in [2.75, 3.05) is 31.4 Å². The monoisotopic (exact) mass is 351 g/mol. The summed E-state index contributed by atoms with van der Waals surface area (Å²) in [5, 5.41) is 0. The molecule has 7 heteroatoms. The van der Waals surface area contributed by atoms with Crippen LogP contribution in [0.3, 0.4) is 0 Å². The van der Waals surface area contributed by atoms with Crippen molar-refractivity contribution in [3.05, 3.63) is 54.1 Å². The first-order valence-electron chi connectivity index (χ1n) is 7.39. The van der Waals surface area contributed by atoms with Gasteiger partial charge in [0.05, 0.1) is 25.7 Å². The van der Waals surface area contributed by atoms with Crippen LogP contribution < -0.4 is 14.4 Å². The Morgan fingerprint density at radius 1 is 1.04 bits per heavy atom. The third kappa shape index (κ3) is 5.14. The maximum Gasteiger partial charge on any atom is 0.266 e. The van der Waals surface area contributed by atoms with Crippen LogP contribution in [0.5, 0.6) is 11.5 Å². The van der Waals surface area contributed by atoms with Gasteiger partial charge in [-0.3, -0.25) is 4.55 Å². The van der Waals surface area contributed by atoms with Gasteiger partial charge in [-0.25, -0.2) is 0 Å². The molecule has 0 fully saturated rings. The summed E-state index contributed by atoms with van der Waals surface area (Å²) in [6, 6.07) is 15.0. The first-order valence-corrected chi connectivity index (χ1v) is 9.00. The predicted molar refractivity (Wildman–Crippen MR) is 93.5 cm³/mol. The van der Waals surface area contributed by atoms with Gasteiger partial charge in [0.25, 0.3) is 10.1 Å². The van der Waals surface area contributed by atoms with Crippen molar-refractivity contribution in [2.24, 2.45) is 0 Å². The fourth-order valence-corrected chi connectivity index (χ4v) is 2.81. The highest BCUT2D eigenvalue weighted by molar-refractivity contribution is 7.85. The standard InChI is InChI=1S/C17H21NO5S/c1-22-15-8-9-17(23-2)16(12-15)18(10-11-24(19,20)21)13-14-6-4-3-5-7-14/h3-9,12H,10-11,13H2,1-2H3,(H,19,20,21). The van der Waals surface area contributed by atoms with Crippen LogP contribution in [0.25, 0.3) is 0 Å². The van der Waals surface area contributed by atoms with Gasteiger partial charge < -0.3 is 14.4 Å². The van der Waals surface area contributed by atoms with Gasteiger partial charge in [0.1, 0.15) is 11.5 Å². The van der Waals surface area contributed by atoms with Crippen LogP contribution in [0.1, 0.15) is 5.56 Å². The predicted octanol–water partition coefficient (Wildman–Crippen LogP) is 2.60. The van der Waals surface area contributed by atoms with Crippen LogP contribution >= 0.6 is 0 Å². The van der Waals surface area contributed by atoms with Gasteiger partial charge in [-0.15, -0.1) is 0 Å². The Morgan fingerprint density at radius 3 is 2.33 bits per heavy atom. The molecule has 0 aliphatic rings. The van der Waals surface area contributed by atoms with Crippen LogP contribution in [0.2, 0.25) is 0 Å². The van der Waals surface area contributed by atoms with Crippen LogP contribution in [0, 0.1) is 0 Å². The lowest BCUT2D eigenvalue weighted by atomic mass is 10.2. The van der Waals surface area contributed by atoms with E-state index in [0.717, 1.165) is 5.56 Å². The highest BCUT2D eigenvalue weighted by Gasteiger charge is 2.17. The van der Waals surface area contributed by atoms with E-state index >= 15 is 0 Å². The maximum atomic E-state index is 11.2. The van der Waals surface area contributed by atoms with Crippen molar-refractivity contribution in [3.8, 4) is 11.5 Å². The van der Waals surface area contributed by atoms with E-state index < -0.39 is 10.1 Å². The molecular formula is C17H21NO5S. The second-order valence-corrected chi connectivity index (χ2v) is 6.80. The zero-order valence-corrected chi connectivity index (χ0v) is 14.5. The molecule has 0 radical (unpaired) electrons. The van der Waals surface area contributed by atoms with Crippen molar-refractivity contribution in [3.63, 3.8) is 0 Å². The fraction of sp³-hybridized carbons (Fsp3) is 0.294. The molecule has 1 N–H and O–H groups in total. The van der Waals surface area contributed by atoms with E-state index in [1.807, 2.05) is 35.2 Å². The molecule has 0 bridgehead atoms. The molecule has 0 saturated heterocycles. The van der Waals surface area contributed by atoms with Crippen LogP contribution in [-0.4, -0.2) is 39.5 Å². The molecule has 2 rings (SSSR count). The molecule has 0 spiro atoms. The van der Waals surface area contributed by atoms with E-state index in [-0.39, 0.29) is 12.3 Å². The molecule has 2 aromatic carbocycles. The lowest BCUT2D eigenvalue weighted by Gasteiger charge is -2.26. The molecular weight excluding hydrogens is 330 g/mol. The summed E-state index contributed by atoms with van der Waals surface area (Å²) in [6.07, 6.45) is 0. The normalized spacial score (nSPS) is 11.1. The Bertz CT molecular complexity index is 762. The summed E-state index contributed by atoms with van der Waals surface area (Å²) in [5.74, 6) is 0.859. The smallest absolute Gasteiger partial charge is 0.266 e. The van der Waals surface area contributed by atoms with Crippen molar-refractivity contribution in [1.82, 2.24) is 0 Å². The van der Waals surface area contributed by atoms with Gasteiger partial charge in [-0.1, -0.05) is 30.3 Å². The fourth-order valence-electron chi connectivity index (χ4n) is 2.36. The van der Waals surface area contributed by atoms with E-state index in [9.17, 15) is 8.42 Å². The van der Waals surface area contributed by atoms with Crippen LogP contribution in [0.15, 0.2) is 48.5 Å². The minimum absolute atomic E-state index is 0.122. The molecule has 0 amide bonds. The quantitative estimate of drug-likeness (QED) is 0.737. The third-order valence-corrected chi connectivity index (χ3v) is 4.26. The van der Waals surface area contributed by atoms with Crippen molar-refractivity contribution >= 4 is 15.8 Å². The third-order valence-electron chi connectivity index (χ3n) is 3.56. The topological polar surface area (TPSA) is 76.1 Å². The second-order valence-electron chi connectivity index (χ2n) is 5.23.